The predicted molar refractivity (Wildman–Crippen MR) is 39.4 cm³/mol. The summed E-state index contributed by atoms with van der Waals surface area (Å²) in [5, 5.41) is -0.382. The second-order valence-corrected chi connectivity index (χ2v) is 3.82. The molecule has 7 heteroatoms. The van der Waals surface area contributed by atoms with Gasteiger partial charge in [0.2, 0.25) is 0 Å². The van der Waals surface area contributed by atoms with Gasteiger partial charge in [-0.2, -0.15) is 0 Å². The first-order valence-electron chi connectivity index (χ1n) is 2.82. The van der Waals surface area contributed by atoms with Gasteiger partial charge in [0.15, 0.2) is 0 Å². The van der Waals surface area contributed by atoms with Gasteiger partial charge in [0.05, 0.1) is 9.92 Å². The Bertz CT molecular complexity index is 406. The van der Waals surface area contributed by atoms with E-state index >= 15 is 0 Å². The molecule has 1 aromatic rings. The van der Waals surface area contributed by atoms with Gasteiger partial charge in [-0.05, 0) is 18.2 Å². The second-order valence-electron chi connectivity index (χ2n) is 2.03. The monoisotopic (exact) mass is 232 g/mol. The summed E-state index contributed by atoms with van der Waals surface area (Å²) in [5.41, 5.74) is 0. The molecule has 0 saturated carbocycles. The average Bonchev–Trinajstić information content (AvgIpc) is 1.92. The van der Waals surface area contributed by atoms with Gasteiger partial charge >= 0.3 is 29.6 Å². The van der Waals surface area contributed by atoms with E-state index in [1.165, 1.54) is 0 Å². The van der Waals surface area contributed by atoms with Crippen molar-refractivity contribution >= 4 is 21.7 Å². The smallest absolute Gasteiger partial charge is 0.744 e. The number of hydrogen-bond acceptors (Lipinski definition) is 3. The van der Waals surface area contributed by atoms with Crippen LogP contribution in [0, 0.1) is 5.82 Å². The van der Waals surface area contributed by atoms with Crippen LogP contribution in [-0.4, -0.2) is 13.0 Å². The Morgan fingerprint density at radius 1 is 1.38 bits per heavy atom. The van der Waals surface area contributed by atoms with Crippen molar-refractivity contribution in [2.45, 2.75) is 4.90 Å². The molecule has 3 nitrogen and oxygen atoms in total. The van der Waals surface area contributed by atoms with Crippen LogP contribution in [0.15, 0.2) is 23.1 Å². The minimum Gasteiger partial charge on any atom is -0.744 e. The molecular weight excluding hydrogens is 230 g/mol. The molecule has 0 aromatic heterocycles. The van der Waals surface area contributed by atoms with Crippen LogP contribution in [-0.2, 0) is 10.1 Å². The Labute approximate surface area is 102 Å². The predicted octanol–water partition coefficient (Wildman–Crippen LogP) is -1.61. The molecule has 0 bridgehead atoms. The summed E-state index contributed by atoms with van der Waals surface area (Å²) in [4.78, 5) is -0.533. The van der Waals surface area contributed by atoms with Gasteiger partial charge < -0.3 is 4.55 Å². The van der Waals surface area contributed by atoms with Gasteiger partial charge in [-0.3, -0.25) is 0 Å². The topological polar surface area (TPSA) is 57.2 Å². The van der Waals surface area contributed by atoms with E-state index in [1.54, 1.807) is 0 Å². The second kappa shape index (κ2) is 4.72. The molecule has 0 heterocycles. The molecule has 0 radical (unpaired) electrons. The summed E-state index contributed by atoms with van der Waals surface area (Å²) in [5.74, 6) is -0.760. The van der Waals surface area contributed by atoms with Crippen LogP contribution in [0.5, 0.6) is 0 Å². The van der Waals surface area contributed by atoms with Crippen LogP contribution in [0.4, 0.5) is 4.39 Å². The zero-order valence-corrected chi connectivity index (χ0v) is 10.2. The largest absolute Gasteiger partial charge is 1.00 e. The fourth-order valence-corrected chi connectivity index (χ4v) is 1.37. The van der Waals surface area contributed by atoms with Crippen molar-refractivity contribution in [2.75, 3.05) is 0 Å². The molecule has 1 rings (SSSR count). The maximum Gasteiger partial charge on any atom is 1.00 e. The molecule has 0 atom stereocenters. The van der Waals surface area contributed by atoms with Gasteiger partial charge in [-0.15, -0.1) is 0 Å². The Morgan fingerprint density at radius 2 is 1.92 bits per heavy atom. The molecule has 0 aliphatic rings. The Hall–Kier alpha value is 0.350. The van der Waals surface area contributed by atoms with Gasteiger partial charge in [0.25, 0.3) is 0 Å². The van der Waals surface area contributed by atoms with E-state index in [-0.39, 0.29) is 34.6 Å². The molecule has 0 fully saturated rings. The van der Waals surface area contributed by atoms with Crippen LogP contribution in [0.25, 0.3) is 0 Å². The molecule has 13 heavy (non-hydrogen) atoms. The molecule has 0 aliphatic carbocycles. The number of rotatable bonds is 1. The third-order valence-corrected chi connectivity index (χ3v) is 2.30. The fraction of sp³-hybridized carbons (Fsp3) is 0. The van der Waals surface area contributed by atoms with E-state index in [9.17, 15) is 17.4 Å². The van der Waals surface area contributed by atoms with E-state index in [4.69, 9.17) is 11.6 Å². The van der Waals surface area contributed by atoms with Crippen molar-refractivity contribution in [1.29, 1.82) is 0 Å². The minimum atomic E-state index is -4.54. The first kappa shape index (κ1) is 13.4. The summed E-state index contributed by atoms with van der Waals surface area (Å²) in [6.07, 6.45) is 0. The zero-order chi connectivity index (χ0) is 9.35. The molecule has 66 valence electrons. The van der Waals surface area contributed by atoms with Crippen LogP contribution in [0.2, 0.25) is 5.02 Å². The van der Waals surface area contributed by atoms with Gasteiger partial charge in [0, 0.05) is 0 Å². The minimum absolute atomic E-state index is 0. The molecule has 0 amide bonds. The molecule has 0 spiro atoms. The third kappa shape index (κ3) is 3.53. The fourth-order valence-electron chi connectivity index (χ4n) is 0.632. The molecule has 0 saturated heterocycles. The molecule has 1 aromatic carbocycles. The van der Waals surface area contributed by atoms with Gasteiger partial charge in [-0.1, -0.05) is 11.6 Å². The molecule has 0 unspecified atom stereocenters. The number of halogens is 2. The van der Waals surface area contributed by atoms with E-state index in [1.807, 2.05) is 0 Å². The first-order chi connectivity index (χ1) is 5.41. The summed E-state index contributed by atoms with van der Waals surface area (Å²) >= 11 is 5.24. The first-order valence-corrected chi connectivity index (χ1v) is 4.61. The van der Waals surface area contributed by atoms with Crippen LogP contribution in [0.3, 0.4) is 0 Å². The number of benzene rings is 1. The SMILES string of the molecule is O=S(=O)([O-])c1ccc(F)c(Cl)c1.[Na+]. The maximum atomic E-state index is 12.5. The molecule has 0 N–H and O–H groups in total. The average molecular weight is 233 g/mol. The summed E-state index contributed by atoms with van der Waals surface area (Å²) < 4.78 is 43.5. The summed E-state index contributed by atoms with van der Waals surface area (Å²) in [6, 6.07) is 2.47. The Balaban J connectivity index is 0.00000144. The van der Waals surface area contributed by atoms with E-state index in [2.05, 4.69) is 0 Å². The van der Waals surface area contributed by atoms with Crippen molar-refractivity contribution in [2.24, 2.45) is 0 Å². The maximum absolute atomic E-state index is 12.5. The van der Waals surface area contributed by atoms with Crippen molar-refractivity contribution < 1.29 is 46.9 Å². The third-order valence-electron chi connectivity index (χ3n) is 1.18. The Morgan fingerprint density at radius 3 is 2.31 bits per heavy atom. The van der Waals surface area contributed by atoms with Crippen molar-refractivity contribution in [3.63, 3.8) is 0 Å². The summed E-state index contributed by atoms with van der Waals surface area (Å²) in [7, 11) is -4.54. The normalized spacial score (nSPS) is 10.7. The summed E-state index contributed by atoms with van der Waals surface area (Å²) in [6.45, 7) is 0. The van der Waals surface area contributed by atoms with E-state index in [0.29, 0.717) is 0 Å². The van der Waals surface area contributed by atoms with Crippen molar-refractivity contribution in [3.05, 3.63) is 29.0 Å². The van der Waals surface area contributed by atoms with Crippen molar-refractivity contribution in [1.82, 2.24) is 0 Å². The molecular formula is C6H3ClFNaO3S. The van der Waals surface area contributed by atoms with Gasteiger partial charge in [-0.25, -0.2) is 12.8 Å². The zero-order valence-electron chi connectivity index (χ0n) is 6.62. The van der Waals surface area contributed by atoms with Crippen LogP contribution < -0.4 is 29.6 Å². The molecule has 0 aliphatic heterocycles. The van der Waals surface area contributed by atoms with E-state index < -0.39 is 20.8 Å². The standard InChI is InChI=1S/C6H4ClFO3S.Na/c7-5-3-4(12(9,10)11)1-2-6(5)8;/h1-3H,(H,9,10,11);/q;+1/p-1. The van der Waals surface area contributed by atoms with Crippen LogP contribution >= 0.6 is 11.6 Å². The van der Waals surface area contributed by atoms with Crippen LogP contribution in [0.1, 0.15) is 0 Å². The van der Waals surface area contributed by atoms with E-state index in [0.717, 1.165) is 18.2 Å². The quantitative estimate of drug-likeness (QED) is 0.432. The number of hydrogen-bond donors (Lipinski definition) is 0. The Kier molecular flexibility index (Phi) is 4.85. The van der Waals surface area contributed by atoms with Crippen molar-refractivity contribution in [3.8, 4) is 0 Å². The van der Waals surface area contributed by atoms with Gasteiger partial charge in [0.1, 0.15) is 15.9 Å².